The molecule has 1 saturated heterocycles. The molecule has 0 aromatic rings. The Balaban J connectivity index is 1.83. The zero-order valence-electron chi connectivity index (χ0n) is 12.9. The summed E-state index contributed by atoms with van der Waals surface area (Å²) in [7, 11) is 0. The van der Waals surface area contributed by atoms with Gasteiger partial charge < -0.3 is 0 Å². The van der Waals surface area contributed by atoms with Gasteiger partial charge in [-0.05, 0) is 38.0 Å². The smallest absolute Gasteiger partial charge is 0.0181 e. The second-order valence-electron chi connectivity index (χ2n) is 7.27. The van der Waals surface area contributed by atoms with E-state index in [4.69, 9.17) is 0 Å². The van der Waals surface area contributed by atoms with E-state index in [2.05, 4.69) is 25.7 Å². The number of rotatable bonds is 8. The summed E-state index contributed by atoms with van der Waals surface area (Å²) in [6, 6.07) is 0. The minimum absolute atomic E-state index is 0.520. The summed E-state index contributed by atoms with van der Waals surface area (Å²) in [4.78, 5) is 2.83. The van der Waals surface area contributed by atoms with Crippen LogP contribution in [-0.2, 0) is 0 Å². The van der Waals surface area contributed by atoms with Gasteiger partial charge in [-0.2, -0.15) is 0 Å². The molecular weight excluding hydrogens is 218 g/mol. The highest BCUT2D eigenvalue weighted by molar-refractivity contribution is 5.05. The first kappa shape index (κ1) is 14.4. The largest absolute Gasteiger partial charge is 0.297 e. The molecule has 106 valence electrons. The fourth-order valence-corrected chi connectivity index (χ4v) is 3.89. The number of unbranched alkanes of at least 4 members (excludes halogenated alkanes) is 3. The molecule has 1 aliphatic heterocycles. The molecule has 0 amide bonds. The predicted octanol–water partition coefficient (Wildman–Crippen LogP) is 5.00. The zero-order valence-corrected chi connectivity index (χ0v) is 12.9. The highest BCUT2D eigenvalue weighted by Crippen LogP contribution is 2.51. The van der Waals surface area contributed by atoms with Gasteiger partial charge in [-0.25, -0.2) is 0 Å². The average molecular weight is 251 g/mol. The standard InChI is InChI=1S/C17H33N/c1-4-6-8-11-16(3,10-7-5-2)18-14-17(15-18)12-9-13-17/h4-15H2,1-3H3. The molecule has 1 heteroatoms. The molecule has 1 nitrogen and oxygen atoms in total. The Labute approximate surface area is 114 Å². The zero-order chi connectivity index (χ0) is 13.1. The van der Waals surface area contributed by atoms with Gasteiger partial charge in [0, 0.05) is 18.6 Å². The second-order valence-corrected chi connectivity index (χ2v) is 7.27. The molecular formula is C17H33N. The molecule has 0 bridgehead atoms. The van der Waals surface area contributed by atoms with Crippen molar-refractivity contribution in [3.8, 4) is 0 Å². The van der Waals surface area contributed by atoms with Crippen LogP contribution in [0.4, 0.5) is 0 Å². The molecule has 1 spiro atoms. The van der Waals surface area contributed by atoms with Crippen molar-refractivity contribution in [3.63, 3.8) is 0 Å². The van der Waals surface area contributed by atoms with E-state index in [1.807, 2.05) is 0 Å². The minimum Gasteiger partial charge on any atom is -0.297 e. The van der Waals surface area contributed by atoms with Crippen LogP contribution in [0.5, 0.6) is 0 Å². The van der Waals surface area contributed by atoms with Crippen LogP contribution in [0.15, 0.2) is 0 Å². The first-order chi connectivity index (χ1) is 8.64. The lowest BCUT2D eigenvalue weighted by Crippen LogP contribution is -2.66. The van der Waals surface area contributed by atoms with Crippen LogP contribution in [0.25, 0.3) is 0 Å². The molecule has 1 atom stereocenters. The van der Waals surface area contributed by atoms with E-state index < -0.39 is 0 Å². The lowest BCUT2D eigenvalue weighted by Gasteiger charge is -2.62. The quantitative estimate of drug-likeness (QED) is 0.549. The second kappa shape index (κ2) is 5.94. The van der Waals surface area contributed by atoms with E-state index in [0.717, 1.165) is 5.41 Å². The third-order valence-electron chi connectivity index (χ3n) is 5.62. The van der Waals surface area contributed by atoms with E-state index in [0.29, 0.717) is 5.54 Å². The molecule has 1 heterocycles. The molecule has 0 radical (unpaired) electrons. The maximum Gasteiger partial charge on any atom is 0.0181 e. The van der Waals surface area contributed by atoms with Crippen molar-refractivity contribution < 1.29 is 0 Å². The molecule has 1 unspecified atom stereocenters. The normalized spacial score (nSPS) is 25.5. The average Bonchev–Trinajstić information content (AvgIpc) is 2.23. The summed E-state index contributed by atoms with van der Waals surface area (Å²) in [5.41, 5.74) is 1.31. The molecule has 1 saturated carbocycles. The minimum atomic E-state index is 0.520. The van der Waals surface area contributed by atoms with Gasteiger partial charge in [0.15, 0.2) is 0 Å². The maximum absolute atomic E-state index is 2.83. The van der Waals surface area contributed by atoms with Crippen LogP contribution < -0.4 is 0 Å². The Hall–Kier alpha value is -0.0400. The van der Waals surface area contributed by atoms with Crippen LogP contribution in [0.3, 0.4) is 0 Å². The van der Waals surface area contributed by atoms with E-state index >= 15 is 0 Å². The first-order valence-electron chi connectivity index (χ1n) is 8.39. The monoisotopic (exact) mass is 251 g/mol. The number of hydrogen-bond acceptors (Lipinski definition) is 1. The fraction of sp³-hybridized carbons (Fsp3) is 1.00. The topological polar surface area (TPSA) is 3.24 Å². The van der Waals surface area contributed by atoms with Crippen LogP contribution in [0.1, 0.15) is 85.0 Å². The number of hydrogen-bond donors (Lipinski definition) is 0. The third kappa shape index (κ3) is 2.92. The summed E-state index contributed by atoms with van der Waals surface area (Å²) < 4.78 is 0. The van der Waals surface area contributed by atoms with Crippen LogP contribution in [0, 0.1) is 5.41 Å². The van der Waals surface area contributed by atoms with E-state index in [1.54, 1.807) is 0 Å². The van der Waals surface area contributed by atoms with Gasteiger partial charge >= 0.3 is 0 Å². The van der Waals surface area contributed by atoms with Gasteiger partial charge in [-0.15, -0.1) is 0 Å². The lowest BCUT2D eigenvalue weighted by molar-refractivity contribution is -0.120. The highest BCUT2D eigenvalue weighted by atomic mass is 15.3. The van der Waals surface area contributed by atoms with E-state index in [-0.39, 0.29) is 0 Å². The van der Waals surface area contributed by atoms with Gasteiger partial charge in [-0.1, -0.05) is 52.4 Å². The van der Waals surface area contributed by atoms with Crippen LogP contribution in [-0.4, -0.2) is 23.5 Å². The van der Waals surface area contributed by atoms with Gasteiger partial charge in [0.05, 0.1) is 0 Å². The molecule has 2 aliphatic rings. The molecule has 0 N–H and O–H groups in total. The molecule has 18 heavy (non-hydrogen) atoms. The van der Waals surface area contributed by atoms with Crippen molar-refractivity contribution >= 4 is 0 Å². The Kier molecular flexibility index (Phi) is 4.75. The fourth-order valence-electron chi connectivity index (χ4n) is 3.89. The van der Waals surface area contributed by atoms with Gasteiger partial charge in [0.1, 0.15) is 0 Å². The predicted molar refractivity (Wildman–Crippen MR) is 79.9 cm³/mol. The molecule has 1 aliphatic carbocycles. The van der Waals surface area contributed by atoms with Crippen molar-refractivity contribution in [2.45, 2.75) is 90.5 Å². The Bertz CT molecular complexity index is 248. The molecule has 2 rings (SSSR count). The summed E-state index contributed by atoms with van der Waals surface area (Å²) in [6.45, 7) is 10.0. The van der Waals surface area contributed by atoms with Gasteiger partial charge in [0.2, 0.25) is 0 Å². The Morgan fingerprint density at radius 2 is 1.56 bits per heavy atom. The van der Waals surface area contributed by atoms with E-state index in [1.165, 1.54) is 77.3 Å². The lowest BCUT2D eigenvalue weighted by atomic mass is 9.62. The molecule has 0 aromatic heterocycles. The summed E-state index contributed by atoms with van der Waals surface area (Å²) in [5.74, 6) is 0. The summed E-state index contributed by atoms with van der Waals surface area (Å²) >= 11 is 0. The molecule has 2 fully saturated rings. The van der Waals surface area contributed by atoms with Crippen molar-refractivity contribution in [1.29, 1.82) is 0 Å². The maximum atomic E-state index is 2.83. The summed E-state index contributed by atoms with van der Waals surface area (Å²) in [5, 5.41) is 0. The SMILES string of the molecule is CCCCCC(C)(CCCC)N1CC2(CCC2)C1. The van der Waals surface area contributed by atoms with Crippen molar-refractivity contribution in [1.82, 2.24) is 4.90 Å². The Morgan fingerprint density at radius 3 is 2.06 bits per heavy atom. The van der Waals surface area contributed by atoms with Gasteiger partial charge in [-0.3, -0.25) is 4.90 Å². The highest BCUT2D eigenvalue weighted by Gasteiger charge is 2.51. The third-order valence-corrected chi connectivity index (χ3v) is 5.62. The molecule has 0 aromatic carbocycles. The van der Waals surface area contributed by atoms with Crippen LogP contribution >= 0.6 is 0 Å². The van der Waals surface area contributed by atoms with Crippen molar-refractivity contribution in [2.75, 3.05) is 13.1 Å². The van der Waals surface area contributed by atoms with Gasteiger partial charge in [0.25, 0.3) is 0 Å². The van der Waals surface area contributed by atoms with Crippen molar-refractivity contribution in [2.24, 2.45) is 5.41 Å². The van der Waals surface area contributed by atoms with Crippen LogP contribution in [0.2, 0.25) is 0 Å². The number of nitrogens with zero attached hydrogens (tertiary/aromatic N) is 1. The first-order valence-corrected chi connectivity index (χ1v) is 8.39. The van der Waals surface area contributed by atoms with Crippen molar-refractivity contribution in [3.05, 3.63) is 0 Å². The summed E-state index contributed by atoms with van der Waals surface area (Å²) in [6.07, 6.45) is 14.3. The van der Waals surface area contributed by atoms with E-state index in [9.17, 15) is 0 Å². The number of likely N-dealkylation sites (tertiary alicyclic amines) is 1. The Morgan fingerprint density at radius 1 is 0.944 bits per heavy atom.